The summed E-state index contributed by atoms with van der Waals surface area (Å²) >= 11 is -1.42. The van der Waals surface area contributed by atoms with Gasteiger partial charge in [0.1, 0.15) is 0 Å². The average Bonchev–Trinajstić information content (AvgIpc) is 3.06. The second-order valence-electron chi connectivity index (χ2n) is 6.31. The summed E-state index contributed by atoms with van der Waals surface area (Å²) in [5.74, 6) is 0.295. The van der Waals surface area contributed by atoms with Crippen LogP contribution in [0, 0.1) is 13.8 Å². The summed E-state index contributed by atoms with van der Waals surface area (Å²) in [6.07, 6.45) is 0.803. The quantitative estimate of drug-likeness (QED) is 0.484. The molecule has 3 aromatic rings. The molecule has 1 N–H and O–H groups in total. The summed E-state index contributed by atoms with van der Waals surface area (Å²) in [5, 5.41) is 7.61. The molecular weight excluding hydrogens is 376 g/mol. The standard InChI is InChI=1S/C20H24N4O3S/c1-5-27-17(25)12-11-16-13(2)22-20-18(19(21-4)23-24(20)14(16)3)28(26)15-9-7-6-8-10-15/h6-10H,5,11-12H2,1-4H3,(H,21,23). The van der Waals surface area contributed by atoms with Gasteiger partial charge >= 0.3 is 5.97 Å². The largest absolute Gasteiger partial charge is 0.606 e. The van der Waals surface area contributed by atoms with Crippen molar-refractivity contribution in [2.45, 2.75) is 43.4 Å². The Labute approximate surface area is 167 Å². The molecule has 7 nitrogen and oxygen atoms in total. The van der Waals surface area contributed by atoms with Crippen molar-refractivity contribution in [2.75, 3.05) is 19.0 Å². The van der Waals surface area contributed by atoms with Gasteiger partial charge in [-0.25, -0.2) is 9.50 Å². The molecule has 1 unspecified atom stereocenters. The Morgan fingerprint density at radius 2 is 2.00 bits per heavy atom. The van der Waals surface area contributed by atoms with Crippen molar-refractivity contribution in [3.8, 4) is 0 Å². The Kier molecular flexibility index (Phi) is 6.21. The summed E-state index contributed by atoms with van der Waals surface area (Å²) in [5.41, 5.74) is 3.17. The van der Waals surface area contributed by atoms with Crippen molar-refractivity contribution in [3.05, 3.63) is 47.3 Å². The SMILES string of the molecule is CCOC(=O)CCc1c(C)nc2c([S+]([O-])c3ccccc3)c(NC)nn2c1C. The average molecular weight is 401 g/mol. The smallest absolute Gasteiger partial charge is 0.306 e. The van der Waals surface area contributed by atoms with E-state index in [2.05, 4.69) is 10.4 Å². The topological polar surface area (TPSA) is 91.6 Å². The zero-order valence-corrected chi connectivity index (χ0v) is 17.3. The third-order valence-electron chi connectivity index (χ3n) is 4.55. The van der Waals surface area contributed by atoms with Gasteiger partial charge < -0.3 is 14.6 Å². The maximum atomic E-state index is 13.2. The van der Waals surface area contributed by atoms with E-state index in [9.17, 15) is 9.35 Å². The van der Waals surface area contributed by atoms with E-state index in [0.717, 1.165) is 17.0 Å². The molecule has 1 aromatic carbocycles. The molecule has 0 aliphatic carbocycles. The minimum absolute atomic E-state index is 0.233. The molecule has 0 saturated carbocycles. The van der Waals surface area contributed by atoms with E-state index in [0.29, 0.717) is 34.3 Å². The van der Waals surface area contributed by atoms with Gasteiger partial charge in [-0.2, -0.15) is 0 Å². The lowest BCUT2D eigenvalue weighted by molar-refractivity contribution is -0.143. The Morgan fingerprint density at radius 3 is 2.64 bits per heavy atom. The van der Waals surface area contributed by atoms with E-state index in [4.69, 9.17) is 9.72 Å². The van der Waals surface area contributed by atoms with Gasteiger partial charge in [0.05, 0.1) is 6.61 Å². The zero-order valence-electron chi connectivity index (χ0n) is 16.5. The molecule has 3 rings (SSSR count). The molecule has 0 fully saturated rings. The number of anilines is 1. The number of nitrogens with one attached hydrogen (secondary N) is 1. The summed E-state index contributed by atoms with van der Waals surface area (Å²) in [6, 6.07) is 9.25. The maximum Gasteiger partial charge on any atom is 0.306 e. The van der Waals surface area contributed by atoms with Crippen LogP contribution in [-0.2, 0) is 27.1 Å². The first-order valence-corrected chi connectivity index (χ1v) is 10.3. The lowest BCUT2D eigenvalue weighted by atomic mass is 10.1. The van der Waals surface area contributed by atoms with Gasteiger partial charge in [-0.1, -0.05) is 18.2 Å². The summed E-state index contributed by atoms with van der Waals surface area (Å²) < 4.78 is 19.9. The molecule has 8 heteroatoms. The van der Waals surface area contributed by atoms with E-state index in [1.54, 1.807) is 18.5 Å². The Hall–Kier alpha value is -2.58. The number of ether oxygens (including phenoxy) is 1. The molecule has 2 aromatic heterocycles. The van der Waals surface area contributed by atoms with Crippen LogP contribution in [0.25, 0.3) is 5.65 Å². The van der Waals surface area contributed by atoms with Crippen molar-refractivity contribution in [3.63, 3.8) is 0 Å². The predicted octanol–water partition coefficient (Wildman–Crippen LogP) is 3.05. The Bertz CT molecular complexity index is 988. The number of aromatic nitrogens is 3. The summed E-state index contributed by atoms with van der Waals surface area (Å²) in [7, 11) is 1.75. The highest BCUT2D eigenvalue weighted by atomic mass is 32.2. The first-order valence-electron chi connectivity index (χ1n) is 9.16. The normalized spacial score (nSPS) is 12.2. The second kappa shape index (κ2) is 8.62. The minimum atomic E-state index is -1.42. The van der Waals surface area contributed by atoms with Crippen LogP contribution in [0.1, 0.15) is 30.3 Å². The van der Waals surface area contributed by atoms with Gasteiger partial charge in [-0.3, -0.25) is 4.79 Å². The van der Waals surface area contributed by atoms with E-state index in [1.165, 1.54) is 0 Å². The van der Waals surface area contributed by atoms with E-state index in [1.807, 2.05) is 44.2 Å². The second-order valence-corrected chi connectivity index (χ2v) is 7.73. The first-order chi connectivity index (χ1) is 13.5. The molecular formula is C20H24N4O3S. The molecule has 2 heterocycles. The fraction of sp³-hybridized carbons (Fsp3) is 0.350. The lowest BCUT2D eigenvalue weighted by Crippen LogP contribution is -2.11. The van der Waals surface area contributed by atoms with E-state index >= 15 is 0 Å². The molecule has 0 amide bonds. The third-order valence-corrected chi connectivity index (χ3v) is 5.99. The number of nitrogens with zero attached hydrogens (tertiary/aromatic N) is 3. The van der Waals surface area contributed by atoms with Gasteiger partial charge in [-0.15, -0.1) is 5.10 Å². The number of rotatable bonds is 7. The minimum Gasteiger partial charge on any atom is -0.606 e. The van der Waals surface area contributed by atoms with Crippen LogP contribution in [0.2, 0.25) is 0 Å². The van der Waals surface area contributed by atoms with Crippen LogP contribution in [0.3, 0.4) is 0 Å². The number of carbonyl (C=O) groups is 1. The Balaban J connectivity index is 2.06. The van der Waals surface area contributed by atoms with E-state index in [-0.39, 0.29) is 12.4 Å². The highest BCUT2D eigenvalue weighted by Crippen LogP contribution is 2.32. The molecule has 148 valence electrons. The monoisotopic (exact) mass is 400 g/mol. The molecule has 1 atom stereocenters. The first kappa shape index (κ1) is 20.2. The number of carbonyl (C=O) groups excluding carboxylic acids is 1. The number of hydrogen-bond donors (Lipinski definition) is 1. The van der Waals surface area contributed by atoms with Gasteiger partial charge in [0, 0.05) is 36.0 Å². The van der Waals surface area contributed by atoms with Crippen LogP contribution in [0.5, 0.6) is 0 Å². The van der Waals surface area contributed by atoms with Gasteiger partial charge in [0.2, 0.25) is 16.4 Å². The van der Waals surface area contributed by atoms with Crippen LogP contribution in [0.15, 0.2) is 40.1 Å². The van der Waals surface area contributed by atoms with E-state index < -0.39 is 11.2 Å². The van der Waals surface area contributed by atoms with Gasteiger partial charge in [-0.05, 0) is 44.9 Å². The number of benzene rings is 1. The van der Waals surface area contributed by atoms with Crippen LogP contribution >= 0.6 is 0 Å². The molecule has 0 bridgehead atoms. The van der Waals surface area contributed by atoms with Gasteiger partial charge in [0.15, 0.2) is 4.90 Å². The molecule has 0 aliphatic rings. The van der Waals surface area contributed by atoms with Crippen LogP contribution < -0.4 is 5.32 Å². The number of aryl methyl sites for hydroxylation is 2. The fourth-order valence-corrected chi connectivity index (χ4v) is 4.42. The highest BCUT2D eigenvalue weighted by molar-refractivity contribution is 7.91. The third kappa shape index (κ3) is 3.83. The van der Waals surface area contributed by atoms with Crippen molar-refractivity contribution < 1.29 is 14.1 Å². The van der Waals surface area contributed by atoms with Crippen molar-refractivity contribution in [2.24, 2.45) is 0 Å². The Morgan fingerprint density at radius 1 is 1.29 bits per heavy atom. The predicted molar refractivity (Wildman–Crippen MR) is 108 cm³/mol. The van der Waals surface area contributed by atoms with Crippen molar-refractivity contribution in [1.82, 2.24) is 14.6 Å². The summed E-state index contributed by atoms with van der Waals surface area (Å²) in [6.45, 7) is 5.99. The molecule has 0 spiro atoms. The zero-order chi connectivity index (χ0) is 20.3. The lowest BCUT2D eigenvalue weighted by Gasteiger charge is -2.12. The molecule has 0 saturated heterocycles. The fourth-order valence-electron chi connectivity index (χ4n) is 3.16. The number of fused-ring (bicyclic) bond motifs is 1. The van der Waals surface area contributed by atoms with Crippen molar-refractivity contribution >= 4 is 28.6 Å². The number of hydrogen-bond acceptors (Lipinski definition) is 6. The van der Waals surface area contributed by atoms with Crippen LogP contribution in [0.4, 0.5) is 5.82 Å². The molecule has 0 radical (unpaired) electrons. The van der Waals surface area contributed by atoms with Crippen LogP contribution in [-0.4, -0.2) is 38.8 Å². The molecule has 0 aliphatic heterocycles. The summed E-state index contributed by atoms with van der Waals surface area (Å²) in [4.78, 5) is 17.7. The highest BCUT2D eigenvalue weighted by Gasteiger charge is 2.29. The van der Waals surface area contributed by atoms with Gasteiger partial charge in [0.25, 0.3) is 0 Å². The number of esters is 1. The van der Waals surface area contributed by atoms with Crippen molar-refractivity contribution in [1.29, 1.82) is 0 Å². The maximum absolute atomic E-state index is 13.2. The molecule has 28 heavy (non-hydrogen) atoms.